The largest absolute Gasteiger partial charge is 0.339 e. The third-order valence-electron chi connectivity index (χ3n) is 5.40. The predicted octanol–water partition coefficient (Wildman–Crippen LogP) is 1.49. The molecule has 2 heterocycles. The molecule has 0 aromatic rings. The van der Waals surface area contributed by atoms with Gasteiger partial charge >= 0.3 is 0 Å². The zero-order valence-electron chi connectivity index (χ0n) is 11.0. The molecule has 3 fully saturated rings. The van der Waals surface area contributed by atoms with Crippen LogP contribution in [0, 0.1) is 23.7 Å². The van der Waals surface area contributed by atoms with E-state index >= 15 is 0 Å². The maximum absolute atomic E-state index is 12.6. The zero-order chi connectivity index (χ0) is 12.0. The van der Waals surface area contributed by atoms with Gasteiger partial charge in [0.15, 0.2) is 0 Å². The molecular formula is C14H24N2O. The van der Waals surface area contributed by atoms with Crippen molar-refractivity contribution in [3.8, 4) is 0 Å². The molecule has 17 heavy (non-hydrogen) atoms. The molecule has 5 atom stereocenters. The molecular weight excluding hydrogens is 212 g/mol. The van der Waals surface area contributed by atoms with Crippen LogP contribution in [0.2, 0.25) is 0 Å². The van der Waals surface area contributed by atoms with Crippen molar-refractivity contribution < 1.29 is 4.79 Å². The van der Waals surface area contributed by atoms with Gasteiger partial charge in [0.2, 0.25) is 5.91 Å². The number of rotatable bonds is 1. The Bertz CT molecular complexity index is 317. The van der Waals surface area contributed by atoms with Gasteiger partial charge in [0, 0.05) is 31.6 Å². The van der Waals surface area contributed by atoms with Crippen LogP contribution in [0.3, 0.4) is 0 Å². The standard InChI is InChI=1S/C14H24N2O/c1-9-4-3-5-12(9)14(17)16-8-11-6-15-7-13(11)10(16)2/h9-13,15H,3-8H2,1-2H3. The van der Waals surface area contributed by atoms with E-state index in [0.29, 0.717) is 35.6 Å². The molecule has 3 nitrogen and oxygen atoms in total. The highest BCUT2D eigenvalue weighted by atomic mass is 16.2. The molecule has 3 aliphatic rings. The van der Waals surface area contributed by atoms with Gasteiger partial charge in [-0.05, 0) is 37.5 Å². The van der Waals surface area contributed by atoms with E-state index in [1.165, 1.54) is 12.8 Å². The summed E-state index contributed by atoms with van der Waals surface area (Å²) >= 11 is 0. The second kappa shape index (κ2) is 4.27. The van der Waals surface area contributed by atoms with Crippen LogP contribution in [0.1, 0.15) is 33.1 Å². The van der Waals surface area contributed by atoms with Gasteiger partial charge in [-0.3, -0.25) is 4.79 Å². The van der Waals surface area contributed by atoms with Crippen molar-refractivity contribution >= 4 is 5.91 Å². The quantitative estimate of drug-likeness (QED) is 0.748. The van der Waals surface area contributed by atoms with E-state index in [2.05, 4.69) is 24.1 Å². The minimum atomic E-state index is 0.323. The van der Waals surface area contributed by atoms with Crippen LogP contribution in [0.25, 0.3) is 0 Å². The van der Waals surface area contributed by atoms with E-state index in [-0.39, 0.29) is 0 Å². The lowest BCUT2D eigenvalue weighted by atomic mass is 9.94. The summed E-state index contributed by atoms with van der Waals surface area (Å²) in [6.07, 6.45) is 3.61. The van der Waals surface area contributed by atoms with Crippen LogP contribution in [0.4, 0.5) is 0 Å². The molecule has 5 unspecified atom stereocenters. The molecule has 3 heteroatoms. The number of carbonyl (C=O) groups is 1. The van der Waals surface area contributed by atoms with Gasteiger partial charge < -0.3 is 10.2 Å². The summed E-state index contributed by atoms with van der Waals surface area (Å²) in [7, 11) is 0. The number of amides is 1. The molecule has 96 valence electrons. The SMILES string of the molecule is CC1CCCC1C(=O)N1CC2CNCC2C1C. The van der Waals surface area contributed by atoms with E-state index in [1.54, 1.807) is 0 Å². The highest BCUT2D eigenvalue weighted by Crippen LogP contribution is 2.38. The summed E-state index contributed by atoms with van der Waals surface area (Å²) < 4.78 is 0. The van der Waals surface area contributed by atoms with Crippen LogP contribution < -0.4 is 5.32 Å². The van der Waals surface area contributed by atoms with Crippen molar-refractivity contribution in [1.82, 2.24) is 10.2 Å². The Labute approximate surface area is 104 Å². The second-order valence-electron chi connectivity index (χ2n) is 6.33. The molecule has 0 spiro atoms. The Kier molecular flexibility index (Phi) is 2.89. The lowest BCUT2D eigenvalue weighted by Crippen LogP contribution is -2.42. The number of hydrogen-bond acceptors (Lipinski definition) is 2. The molecule has 2 aliphatic heterocycles. The van der Waals surface area contributed by atoms with E-state index < -0.39 is 0 Å². The fourth-order valence-corrected chi connectivity index (χ4v) is 4.18. The van der Waals surface area contributed by atoms with E-state index in [4.69, 9.17) is 0 Å². The van der Waals surface area contributed by atoms with Gasteiger partial charge in [-0.1, -0.05) is 13.3 Å². The fraction of sp³-hybridized carbons (Fsp3) is 0.929. The van der Waals surface area contributed by atoms with Crippen molar-refractivity contribution in [2.75, 3.05) is 19.6 Å². The fourth-order valence-electron chi connectivity index (χ4n) is 4.18. The monoisotopic (exact) mass is 236 g/mol. The molecule has 1 saturated carbocycles. The van der Waals surface area contributed by atoms with Crippen molar-refractivity contribution in [2.45, 2.75) is 39.2 Å². The average Bonchev–Trinajstić information content (AvgIpc) is 2.96. The zero-order valence-corrected chi connectivity index (χ0v) is 11.0. The molecule has 1 N–H and O–H groups in total. The Balaban J connectivity index is 1.70. The van der Waals surface area contributed by atoms with Crippen LogP contribution >= 0.6 is 0 Å². The van der Waals surface area contributed by atoms with Gasteiger partial charge in [-0.2, -0.15) is 0 Å². The molecule has 0 aromatic heterocycles. The molecule has 0 bridgehead atoms. The van der Waals surface area contributed by atoms with Gasteiger partial charge in [0.1, 0.15) is 0 Å². The molecule has 2 saturated heterocycles. The summed E-state index contributed by atoms with van der Waals surface area (Å²) in [4.78, 5) is 14.8. The minimum absolute atomic E-state index is 0.323. The van der Waals surface area contributed by atoms with Gasteiger partial charge in [-0.15, -0.1) is 0 Å². The summed E-state index contributed by atoms with van der Waals surface area (Å²) in [6.45, 7) is 7.71. The Morgan fingerprint density at radius 3 is 2.71 bits per heavy atom. The van der Waals surface area contributed by atoms with Crippen LogP contribution in [-0.4, -0.2) is 36.5 Å². The highest BCUT2D eigenvalue weighted by molar-refractivity contribution is 5.80. The summed E-state index contributed by atoms with van der Waals surface area (Å²) in [5.41, 5.74) is 0. The van der Waals surface area contributed by atoms with Crippen LogP contribution in [-0.2, 0) is 4.79 Å². The summed E-state index contributed by atoms with van der Waals surface area (Å²) in [6, 6.07) is 0.454. The van der Waals surface area contributed by atoms with E-state index in [9.17, 15) is 4.79 Å². The number of nitrogens with one attached hydrogen (secondary N) is 1. The number of carbonyl (C=O) groups excluding carboxylic acids is 1. The smallest absolute Gasteiger partial charge is 0.226 e. The van der Waals surface area contributed by atoms with Crippen LogP contribution in [0.15, 0.2) is 0 Å². The van der Waals surface area contributed by atoms with E-state index in [0.717, 1.165) is 26.1 Å². The van der Waals surface area contributed by atoms with Crippen molar-refractivity contribution in [3.63, 3.8) is 0 Å². The maximum atomic E-state index is 12.6. The first-order chi connectivity index (χ1) is 8.18. The van der Waals surface area contributed by atoms with Gasteiger partial charge in [0.05, 0.1) is 0 Å². The number of fused-ring (bicyclic) bond motifs is 1. The summed E-state index contributed by atoms with van der Waals surface area (Å²) in [5.74, 6) is 2.80. The molecule has 1 amide bonds. The first kappa shape index (κ1) is 11.5. The highest BCUT2D eigenvalue weighted by Gasteiger charge is 2.46. The van der Waals surface area contributed by atoms with Crippen molar-refractivity contribution in [1.29, 1.82) is 0 Å². The van der Waals surface area contributed by atoms with Crippen LogP contribution in [0.5, 0.6) is 0 Å². The van der Waals surface area contributed by atoms with E-state index in [1.807, 2.05) is 0 Å². The predicted molar refractivity (Wildman–Crippen MR) is 67.5 cm³/mol. The number of hydrogen-bond donors (Lipinski definition) is 1. The topological polar surface area (TPSA) is 32.3 Å². The molecule has 0 aromatic carbocycles. The molecule has 3 rings (SSSR count). The lowest BCUT2D eigenvalue weighted by molar-refractivity contribution is -0.137. The average molecular weight is 236 g/mol. The lowest BCUT2D eigenvalue weighted by Gasteiger charge is -2.28. The Hall–Kier alpha value is -0.570. The molecule has 1 aliphatic carbocycles. The minimum Gasteiger partial charge on any atom is -0.339 e. The second-order valence-corrected chi connectivity index (χ2v) is 6.33. The Morgan fingerprint density at radius 1 is 1.24 bits per heavy atom. The van der Waals surface area contributed by atoms with Gasteiger partial charge in [0.25, 0.3) is 0 Å². The number of nitrogens with zero attached hydrogens (tertiary/aromatic N) is 1. The third kappa shape index (κ3) is 1.79. The normalized spacial score (nSPS) is 45.3. The third-order valence-corrected chi connectivity index (χ3v) is 5.40. The molecule has 0 radical (unpaired) electrons. The van der Waals surface area contributed by atoms with Crippen molar-refractivity contribution in [3.05, 3.63) is 0 Å². The maximum Gasteiger partial charge on any atom is 0.226 e. The number of likely N-dealkylation sites (tertiary alicyclic amines) is 1. The van der Waals surface area contributed by atoms with Gasteiger partial charge in [-0.25, -0.2) is 0 Å². The first-order valence-electron chi connectivity index (χ1n) is 7.19. The Morgan fingerprint density at radius 2 is 2.06 bits per heavy atom. The van der Waals surface area contributed by atoms with Crippen molar-refractivity contribution in [2.24, 2.45) is 23.7 Å². The summed E-state index contributed by atoms with van der Waals surface area (Å²) in [5, 5.41) is 3.45. The first-order valence-corrected chi connectivity index (χ1v) is 7.19.